The third-order valence-electron chi connectivity index (χ3n) is 4.20. The fourth-order valence-electron chi connectivity index (χ4n) is 2.80. The highest BCUT2D eigenvalue weighted by Gasteiger charge is 2.27. The van der Waals surface area contributed by atoms with Crippen molar-refractivity contribution in [1.82, 2.24) is 9.97 Å². The van der Waals surface area contributed by atoms with Gasteiger partial charge in [0.2, 0.25) is 5.88 Å². The first-order chi connectivity index (χ1) is 9.52. The van der Waals surface area contributed by atoms with Gasteiger partial charge in [-0.05, 0) is 38.5 Å². The Hall–Kier alpha value is -0.830. The predicted molar refractivity (Wildman–Crippen MR) is 82.5 cm³/mol. The summed E-state index contributed by atoms with van der Waals surface area (Å²) in [6.45, 7) is 8.32. The number of aromatic nitrogens is 2. The Morgan fingerprint density at radius 2 is 1.95 bits per heavy atom. The molecule has 3 nitrogen and oxygen atoms in total. The molecule has 0 N–H and O–H groups in total. The molecule has 1 aromatic rings. The molecule has 112 valence electrons. The molecule has 2 unspecified atom stereocenters. The van der Waals surface area contributed by atoms with Crippen molar-refractivity contribution in [3.63, 3.8) is 0 Å². The number of nitrogens with zero attached hydrogens (tertiary/aromatic N) is 2. The lowest BCUT2D eigenvalue weighted by Gasteiger charge is -2.31. The van der Waals surface area contributed by atoms with Crippen LogP contribution in [0.15, 0.2) is 0 Å². The Labute approximate surface area is 127 Å². The van der Waals surface area contributed by atoms with Crippen molar-refractivity contribution in [2.24, 2.45) is 5.92 Å². The number of rotatable bonds is 4. The third-order valence-corrected chi connectivity index (χ3v) is 4.57. The van der Waals surface area contributed by atoms with Crippen LogP contribution in [0.5, 0.6) is 5.88 Å². The maximum absolute atomic E-state index is 6.23. The third kappa shape index (κ3) is 3.43. The minimum absolute atomic E-state index is 0.253. The first-order valence-electron chi connectivity index (χ1n) is 7.73. The van der Waals surface area contributed by atoms with Crippen molar-refractivity contribution in [1.29, 1.82) is 0 Å². The van der Waals surface area contributed by atoms with Gasteiger partial charge in [-0.2, -0.15) is 4.98 Å². The van der Waals surface area contributed by atoms with Crippen LogP contribution in [-0.2, 0) is 0 Å². The van der Waals surface area contributed by atoms with Crippen LogP contribution in [-0.4, -0.2) is 16.1 Å². The number of ether oxygens (including phenoxy) is 1. The van der Waals surface area contributed by atoms with Crippen LogP contribution in [0.3, 0.4) is 0 Å². The molecule has 1 fully saturated rings. The summed E-state index contributed by atoms with van der Waals surface area (Å²) in [4.78, 5) is 8.92. The summed E-state index contributed by atoms with van der Waals surface area (Å²) < 4.78 is 6.23. The van der Waals surface area contributed by atoms with Gasteiger partial charge in [-0.3, -0.25) is 0 Å². The molecule has 0 aliphatic heterocycles. The van der Waals surface area contributed by atoms with Crippen LogP contribution in [0.4, 0.5) is 0 Å². The van der Waals surface area contributed by atoms with E-state index < -0.39 is 0 Å². The van der Waals surface area contributed by atoms with E-state index >= 15 is 0 Å². The number of hydrogen-bond acceptors (Lipinski definition) is 3. The van der Waals surface area contributed by atoms with Crippen molar-refractivity contribution in [2.75, 3.05) is 0 Å². The van der Waals surface area contributed by atoms with Gasteiger partial charge in [-0.15, -0.1) is 0 Å². The zero-order chi connectivity index (χ0) is 14.7. The van der Waals surface area contributed by atoms with Gasteiger partial charge in [0, 0.05) is 11.5 Å². The summed E-state index contributed by atoms with van der Waals surface area (Å²) >= 11 is 6.22. The molecule has 0 amide bonds. The summed E-state index contributed by atoms with van der Waals surface area (Å²) in [5.74, 6) is 2.33. The number of hydrogen-bond donors (Lipinski definition) is 0. The van der Waals surface area contributed by atoms with E-state index in [9.17, 15) is 0 Å². The van der Waals surface area contributed by atoms with Gasteiger partial charge >= 0.3 is 0 Å². The first-order valence-corrected chi connectivity index (χ1v) is 8.11. The first kappa shape index (κ1) is 15.6. The monoisotopic (exact) mass is 296 g/mol. The molecular formula is C16H25ClN2O. The average Bonchev–Trinajstić information content (AvgIpc) is 2.44. The summed E-state index contributed by atoms with van der Waals surface area (Å²) in [7, 11) is 0. The van der Waals surface area contributed by atoms with E-state index in [2.05, 4.69) is 30.7 Å². The van der Waals surface area contributed by atoms with Crippen molar-refractivity contribution in [3.05, 3.63) is 16.5 Å². The largest absolute Gasteiger partial charge is 0.474 e. The van der Waals surface area contributed by atoms with Gasteiger partial charge in [0.15, 0.2) is 0 Å². The second-order valence-electron chi connectivity index (χ2n) is 6.07. The zero-order valence-corrected chi connectivity index (χ0v) is 13.7. The Kier molecular flexibility index (Phi) is 5.25. The van der Waals surface area contributed by atoms with Crippen molar-refractivity contribution in [3.8, 4) is 5.88 Å². The second kappa shape index (κ2) is 6.75. The highest BCUT2D eigenvalue weighted by molar-refractivity contribution is 6.30. The fourth-order valence-corrected chi connectivity index (χ4v) is 2.97. The smallest absolute Gasteiger partial charge is 0.221 e. The Bertz CT molecular complexity index is 462. The molecule has 0 spiro atoms. The highest BCUT2D eigenvalue weighted by Crippen LogP contribution is 2.32. The lowest BCUT2D eigenvalue weighted by atomic mass is 9.85. The molecule has 1 aliphatic carbocycles. The minimum atomic E-state index is 0.253. The molecule has 1 aliphatic rings. The topological polar surface area (TPSA) is 35.0 Å². The Morgan fingerprint density at radius 1 is 1.25 bits per heavy atom. The van der Waals surface area contributed by atoms with Crippen LogP contribution in [0.1, 0.15) is 70.2 Å². The molecule has 1 aromatic heterocycles. The molecular weight excluding hydrogens is 272 g/mol. The van der Waals surface area contributed by atoms with E-state index in [1.807, 2.05) is 6.92 Å². The van der Waals surface area contributed by atoms with Gasteiger partial charge in [0.1, 0.15) is 17.1 Å². The van der Waals surface area contributed by atoms with Gasteiger partial charge in [0.05, 0.1) is 0 Å². The molecule has 20 heavy (non-hydrogen) atoms. The molecule has 0 saturated heterocycles. The van der Waals surface area contributed by atoms with E-state index in [1.165, 1.54) is 25.7 Å². The summed E-state index contributed by atoms with van der Waals surface area (Å²) in [5, 5.41) is 0.516. The Morgan fingerprint density at radius 3 is 2.60 bits per heavy atom. The van der Waals surface area contributed by atoms with Crippen LogP contribution < -0.4 is 4.74 Å². The number of halogens is 1. The lowest BCUT2D eigenvalue weighted by Crippen LogP contribution is -2.30. The maximum Gasteiger partial charge on any atom is 0.221 e. The standard InChI is InChI=1S/C16H25ClN2O/c1-5-12-8-6-7-9-13(12)20-16-11(4)14(17)18-15(19-16)10(2)3/h10,12-13H,5-9H2,1-4H3. The van der Waals surface area contributed by atoms with Crippen LogP contribution >= 0.6 is 11.6 Å². The van der Waals surface area contributed by atoms with Crippen LogP contribution in [0.25, 0.3) is 0 Å². The second-order valence-corrected chi connectivity index (χ2v) is 6.42. The summed E-state index contributed by atoms with van der Waals surface area (Å²) in [5.41, 5.74) is 0.858. The molecule has 0 aromatic carbocycles. The summed E-state index contributed by atoms with van der Waals surface area (Å²) in [6, 6.07) is 0. The van der Waals surface area contributed by atoms with Crippen LogP contribution in [0.2, 0.25) is 5.15 Å². The van der Waals surface area contributed by atoms with E-state index in [-0.39, 0.29) is 12.0 Å². The quantitative estimate of drug-likeness (QED) is 0.741. The highest BCUT2D eigenvalue weighted by atomic mass is 35.5. The van der Waals surface area contributed by atoms with Crippen molar-refractivity contribution >= 4 is 11.6 Å². The normalized spacial score (nSPS) is 23.1. The zero-order valence-electron chi connectivity index (χ0n) is 12.9. The molecule has 1 saturated carbocycles. The molecule has 4 heteroatoms. The van der Waals surface area contributed by atoms with E-state index in [4.69, 9.17) is 16.3 Å². The molecule has 2 rings (SSSR count). The van der Waals surface area contributed by atoms with E-state index in [0.29, 0.717) is 17.0 Å². The SMILES string of the molecule is CCC1CCCCC1Oc1nc(C(C)C)nc(Cl)c1C. The Balaban J connectivity index is 2.23. The minimum Gasteiger partial charge on any atom is -0.474 e. The van der Waals surface area contributed by atoms with Crippen molar-refractivity contribution in [2.45, 2.75) is 71.8 Å². The molecule has 0 bridgehead atoms. The van der Waals surface area contributed by atoms with Gasteiger partial charge in [-0.25, -0.2) is 4.98 Å². The molecule has 2 atom stereocenters. The van der Waals surface area contributed by atoms with Gasteiger partial charge in [-0.1, -0.05) is 38.8 Å². The predicted octanol–water partition coefficient (Wildman–Crippen LogP) is 4.91. The van der Waals surface area contributed by atoms with E-state index in [1.54, 1.807) is 0 Å². The molecule has 1 heterocycles. The fraction of sp³-hybridized carbons (Fsp3) is 0.750. The molecule has 0 radical (unpaired) electrons. The van der Waals surface area contributed by atoms with Crippen LogP contribution in [0, 0.1) is 12.8 Å². The van der Waals surface area contributed by atoms with Crippen molar-refractivity contribution < 1.29 is 4.74 Å². The van der Waals surface area contributed by atoms with Gasteiger partial charge in [0.25, 0.3) is 0 Å². The average molecular weight is 297 g/mol. The lowest BCUT2D eigenvalue weighted by molar-refractivity contribution is 0.0846. The summed E-state index contributed by atoms with van der Waals surface area (Å²) in [6.07, 6.45) is 6.39. The van der Waals surface area contributed by atoms with Gasteiger partial charge < -0.3 is 4.74 Å². The van der Waals surface area contributed by atoms with E-state index in [0.717, 1.165) is 17.8 Å². The maximum atomic E-state index is 6.23.